The van der Waals surface area contributed by atoms with E-state index < -0.39 is 0 Å². The van der Waals surface area contributed by atoms with Gasteiger partial charge in [0.05, 0.1) is 23.9 Å². The predicted octanol–water partition coefficient (Wildman–Crippen LogP) is 2.12. The van der Waals surface area contributed by atoms with Gasteiger partial charge in [0.15, 0.2) is 0 Å². The minimum Gasteiger partial charge on any atom is -0.373 e. The Morgan fingerprint density at radius 2 is 2.31 bits per heavy atom. The molecule has 1 aromatic rings. The van der Waals surface area contributed by atoms with Crippen LogP contribution in [0, 0.1) is 6.92 Å². The van der Waals surface area contributed by atoms with E-state index in [0.29, 0.717) is 18.2 Å². The maximum Gasteiger partial charge on any atom is 0.124 e. The van der Waals surface area contributed by atoms with E-state index in [0.717, 1.165) is 24.5 Å². The van der Waals surface area contributed by atoms with Gasteiger partial charge in [0.2, 0.25) is 0 Å². The van der Waals surface area contributed by atoms with Crippen LogP contribution >= 0.6 is 0 Å². The molecule has 1 N–H and O–H groups in total. The molecule has 2 aliphatic rings. The summed E-state index contributed by atoms with van der Waals surface area (Å²) in [6.07, 6.45) is 4.25. The molecular formula is C12H19N3O. The number of fused-ring (bicyclic) bond motifs is 1. The smallest absolute Gasteiger partial charge is 0.124 e. The first-order valence-corrected chi connectivity index (χ1v) is 6.19. The van der Waals surface area contributed by atoms with Crippen LogP contribution in [-0.2, 0) is 4.74 Å². The number of aryl methyl sites for hydroxylation is 1. The molecule has 0 bridgehead atoms. The zero-order valence-corrected chi connectivity index (χ0v) is 9.94. The quantitative estimate of drug-likeness (QED) is 0.789. The predicted molar refractivity (Wildman–Crippen MR) is 62.7 cm³/mol. The molecule has 16 heavy (non-hydrogen) atoms. The Bertz CT molecular complexity index is 388. The Labute approximate surface area is 96.0 Å². The molecule has 0 spiro atoms. The molecular weight excluding hydrogens is 202 g/mol. The van der Waals surface area contributed by atoms with Crippen molar-refractivity contribution in [2.24, 2.45) is 0 Å². The zero-order chi connectivity index (χ0) is 11.1. The fourth-order valence-electron chi connectivity index (χ4n) is 2.83. The minimum absolute atomic E-state index is 0.357. The van der Waals surface area contributed by atoms with Crippen molar-refractivity contribution < 1.29 is 4.74 Å². The lowest BCUT2D eigenvalue weighted by Gasteiger charge is -2.29. The van der Waals surface area contributed by atoms with E-state index in [9.17, 15) is 0 Å². The van der Waals surface area contributed by atoms with Crippen molar-refractivity contribution in [2.45, 2.75) is 51.4 Å². The normalized spacial score (nSPS) is 33.5. The van der Waals surface area contributed by atoms with Crippen molar-refractivity contribution in [1.29, 1.82) is 0 Å². The van der Waals surface area contributed by atoms with Crippen LogP contribution in [0.25, 0.3) is 0 Å². The standard InChI is InChI=1S/C12H19N3O/c1-8-7-12-13-6-5-10(15(12)14-8)11-4-3-9(2)16-11/h7,9-11,13H,3-6H2,1-2H3. The lowest BCUT2D eigenvalue weighted by atomic mass is 10.0. The first kappa shape index (κ1) is 10.1. The Kier molecular flexibility index (Phi) is 2.39. The summed E-state index contributed by atoms with van der Waals surface area (Å²) in [4.78, 5) is 0. The Morgan fingerprint density at radius 1 is 1.44 bits per heavy atom. The monoisotopic (exact) mass is 221 g/mol. The number of rotatable bonds is 1. The van der Waals surface area contributed by atoms with Gasteiger partial charge >= 0.3 is 0 Å². The molecule has 1 fully saturated rings. The van der Waals surface area contributed by atoms with E-state index in [2.05, 4.69) is 28.1 Å². The van der Waals surface area contributed by atoms with Crippen LogP contribution in [0.15, 0.2) is 6.07 Å². The topological polar surface area (TPSA) is 39.1 Å². The lowest BCUT2D eigenvalue weighted by Crippen LogP contribution is -2.32. The van der Waals surface area contributed by atoms with Crippen molar-refractivity contribution in [3.05, 3.63) is 11.8 Å². The summed E-state index contributed by atoms with van der Waals surface area (Å²) in [5, 5.41) is 7.97. The first-order valence-electron chi connectivity index (χ1n) is 6.19. The Balaban J connectivity index is 1.86. The molecule has 1 saturated heterocycles. The molecule has 4 heteroatoms. The fourth-order valence-corrected chi connectivity index (χ4v) is 2.83. The third-order valence-corrected chi connectivity index (χ3v) is 3.61. The number of hydrogen-bond acceptors (Lipinski definition) is 3. The van der Waals surface area contributed by atoms with E-state index in [1.54, 1.807) is 0 Å². The second kappa shape index (κ2) is 3.77. The van der Waals surface area contributed by atoms with Gasteiger partial charge in [-0.25, -0.2) is 4.68 Å². The third-order valence-electron chi connectivity index (χ3n) is 3.61. The molecule has 0 aromatic carbocycles. The summed E-state index contributed by atoms with van der Waals surface area (Å²) >= 11 is 0. The summed E-state index contributed by atoms with van der Waals surface area (Å²) in [6, 6.07) is 2.54. The summed E-state index contributed by atoms with van der Waals surface area (Å²) in [6.45, 7) is 5.24. The molecule has 1 aromatic heterocycles. The number of hydrogen-bond donors (Lipinski definition) is 1. The molecule has 3 unspecified atom stereocenters. The highest BCUT2D eigenvalue weighted by Gasteiger charge is 2.33. The minimum atomic E-state index is 0.357. The molecule has 3 atom stereocenters. The Morgan fingerprint density at radius 3 is 3.06 bits per heavy atom. The largest absolute Gasteiger partial charge is 0.373 e. The highest BCUT2D eigenvalue weighted by Crippen LogP contribution is 2.34. The van der Waals surface area contributed by atoms with Gasteiger partial charge in [-0.05, 0) is 33.1 Å². The SMILES string of the molecule is Cc1cc2n(n1)C(C1CCC(C)O1)CCN2. The van der Waals surface area contributed by atoms with Crippen molar-refractivity contribution in [2.75, 3.05) is 11.9 Å². The molecule has 0 amide bonds. The van der Waals surface area contributed by atoms with E-state index >= 15 is 0 Å². The van der Waals surface area contributed by atoms with Crippen LogP contribution in [0.2, 0.25) is 0 Å². The van der Waals surface area contributed by atoms with Crippen LogP contribution in [0.3, 0.4) is 0 Å². The first-order chi connectivity index (χ1) is 7.74. The fraction of sp³-hybridized carbons (Fsp3) is 0.750. The Hall–Kier alpha value is -1.03. The van der Waals surface area contributed by atoms with Crippen molar-refractivity contribution >= 4 is 5.82 Å². The van der Waals surface area contributed by atoms with Gasteiger partial charge in [0.1, 0.15) is 5.82 Å². The van der Waals surface area contributed by atoms with Crippen molar-refractivity contribution in [3.8, 4) is 0 Å². The molecule has 0 saturated carbocycles. The number of nitrogens with zero attached hydrogens (tertiary/aromatic N) is 2. The number of nitrogens with one attached hydrogen (secondary N) is 1. The highest BCUT2D eigenvalue weighted by molar-refractivity contribution is 5.39. The molecule has 0 radical (unpaired) electrons. The van der Waals surface area contributed by atoms with Crippen LogP contribution < -0.4 is 5.32 Å². The van der Waals surface area contributed by atoms with Gasteiger partial charge < -0.3 is 10.1 Å². The second-order valence-electron chi connectivity index (χ2n) is 4.96. The van der Waals surface area contributed by atoms with Gasteiger partial charge in [-0.1, -0.05) is 0 Å². The van der Waals surface area contributed by atoms with Crippen molar-refractivity contribution in [1.82, 2.24) is 9.78 Å². The van der Waals surface area contributed by atoms with E-state index in [1.165, 1.54) is 12.8 Å². The molecule has 4 nitrogen and oxygen atoms in total. The molecule has 0 aliphatic carbocycles. The summed E-state index contributed by atoms with van der Waals surface area (Å²) in [7, 11) is 0. The van der Waals surface area contributed by atoms with Gasteiger partial charge in [0.25, 0.3) is 0 Å². The third kappa shape index (κ3) is 1.61. The van der Waals surface area contributed by atoms with Gasteiger partial charge in [-0.3, -0.25) is 0 Å². The van der Waals surface area contributed by atoms with Crippen LogP contribution in [0.5, 0.6) is 0 Å². The summed E-state index contributed by atoms with van der Waals surface area (Å²) in [5.41, 5.74) is 1.08. The van der Waals surface area contributed by atoms with Crippen molar-refractivity contribution in [3.63, 3.8) is 0 Å². The van der Waals surface area contributed by atoms with Crippen LogP contribution in [0.1, 0.15) is 37.9 Å². The summed E-state index contributed by atoms with van der Waals surface area (Å²) < 4.78 is 8.10. The van der Waals surface area contributed by atoms with E-state index in [4.69, 9.17) is 4.74 Å². The molecule has 88 valence electrons. The maximum atomic E-state index is 5.98. The zero-order valence-electron chi connectivity index (χ0n) is 9.94. The number of aromatic nitrogens is 2. The highest BCUT2D eigenvalue weighted by atomic mass is 16.5. The molecule has 2 aliphatic heterocycles. The van der Waals surface area contributed by atoms with Crippen LogP contribution in [0.4, 0.5) is 5.82 Å². The summed E-state index contributed by atoms with van der Waals surface area (Å²) in [5.74, 6) is 1.15. The van der Waals surface area contributed by atoms with E-state index in [-0.39, 0.29) is 0 Å². The average Bonchev–Trinajstić information content (AvgIpc) is 2.82. The maximum absolute atomic E-state index is 5.98. The second-order valence-corrected chi connectivity index (χ2v) is 4.96. The van der Waals surface area contributed by atoms with Crippen LogP contribution in [-0.4, -0.2) is 28.5 Å². The molecule has 3 heterocycles. The van der Waals surface area contributed by atoms with Gasteiger partial charge in [-0.2, -0.15) is 5.10 Å². The molecule has 3 rings (SSSR count). The average molecular weight is 221 g/mol. The van der Waals surface area contributed by atoms with Gasteiger partial charge in [0, 0.05) is 12.6 Å². The van der Waals surface area contributed by atoms with E-state index in [1.807, 2.05) is 6.92 Å². The van der Waals surface area contributed by atoms with Gasteiger partial charge in [-0.15, -0.1) is 0 Å². The number of ether oxygens (including phenoxy) is 1. The number of anilines is 1. The lowest BCUT2D eigenvalue weighted by molar-refractivity contribution is 0.0173.